The first-order chi connectivity index (χ1) is 9.66. The van der Waals surface area contributed by atoms with Crippen molar-refractivity contribution in [1.82, 2.24) is 10.2 Å². The van der Waals surface area contributed by atoms with Crippen molar-refractivity contribution in [3.05, 3.63) is 30.0 Å². The maximum atomic E-state index is 6.08. The van der Waals surface area contributed by atoms with Crippen molar-refractivity contribution in [1.29, 1.82) is 0 Å². The van der Waals surface area contributed by atoms with Gasteiger partial charge in [-0.05, 0) is 32.6 Å². The van der Waals surface area contributed by atoms with Crippen LogP contribution in [-0.4, -0.2) is 29.3 Å². The number of hydrogen-bond donors (Lipinski definition) is 1. The largest absolute Gasteiger partial charge is 0.354 e. The highest BCUT2D eigenvalue weighted by Crippen LogP contribution is 2.29. The zero-order chi connectivity index (χ0) is 14.1. The Balaban J connectivity index is 2.00. The molecule has 2 aromatic rings. The molecule has 0 aliphatic carbocycles. The molecule has 2 atom stereocenters. The molecule has 4 heteroatoms. The molecule has 3 rings (SSSR count). The van der Waals surface area contributed by atoms with Crippen LogP contribution in [-0.2, 0) is 0 Å². The number of benzene rings is 1. The first-order valence-corrected chi connectivity index (χ1v) is 7.39. The van der Waals surface area contributed by atoms with E-state index in [9.17, 15) is 0 Å². The second-order valence-corrected chi connectivity index (χ2v) is 5.86. The Kier molecular flexibility index (Phi) is 3.57. The summed E-state index contributed by atoms with van der Waals surface area (Å²) in [4.78, 5) is 2.35. The molecule has 2 unspecified atom stereocenters. The average Bonchev–Trinajstić information content (AvgIpc) is 2.48. The van der Waals surface area contributed by atoms with E-state index in [0.717, 1.165) is 24.6 Å². The van der Waals surface area contributed by atoms with E-state index in [0.29, 0.717) is 5.92 Å². The van der Waals surface area contributed by atoms with E-state index in [-0.39, 0.29) is 6.04 Å². The Morgan fingerprint density at radius 2 is 2.00 bits per heavy atom. The molecule has 0 radical (unpaired) electrons. The fraction of sp³-hybridized carbons (Fsp3) is 0.500. The van der Waals surface area contributed by atoms with E-state index in [1.54, 1.807) is 0 Å². The maximum Gasteiger partial charge on any atom is 0.159 e. The third kappa shape index (κ3) is 2.36. The summed E-state index contributed by atoms with van der Waals surface area (Å²) < 4.78 is 0. The number of piperidine rings is 1. The van der Waals surface area contributed by atoms with Crippen molar-refractivity contribution in [2.75, 3.05) is 18.0 Å². The van der Waals surface area contributed by atoms with Crippen LogP contribution in [0.1, 0.15) is 25.5 Å². The fourth-order valence-electron chi connectivity index (χ4n) is 3.09. The molecule has 1 fully saturated rings. The third-order valence-electron chi connectivity index (χ3n) is 4.35. The third-order valence-corrected chi connectivity index (χ3v) is 4.35. The molecule has 0 amide bonds. The van der Waals surface area contributed by atoms with Crippen LogP contribution in [0.5, 0.6) is 0 Å². The van der Waals surface area contributed by atoms with Crippen LogP contribution in [0.4, 0.5) is 5.82 Å². The van der Waals surface area contributed by atoms with Crippen molar-refractivity contribution in [2.45, 2.75) is 32.7 Å². The number of nitrogens with two attached hydrogens (primary N) is 1. The van der Waals surface area contributed by atoms with Gasteiger partial charge in [-0.25, -0.2) is 0 Å². The molecule has 1 aromatic carbocycles. The Hall–Kier alpha value is -1.68. The fourth-order valence-corrected chi connectivity index (χ4v) is 3.09. The SMILES string of the molecule is Cc1nnc(N2CCCC(C(C)N)C2)c2ccccc12. The Bertz CT molecular complexity index is 608. The van der Waals surface area contributed by atoms with Gasteiger partial charge in [0.05, 0.1) is 5.69 Å². The van der Waals surface area contributed by atoms with Gasteiger partial charge in [0.1, 0.15) is 0 Å². The molecular formula is C16H22N4. The monoisotopic (exact) mass is 270 g/mol. The van der Waals surface area contributed by atoms with E-state index >= 15 is 0 Å². The minimum absolute atomic E-state index is 0.238. The van der Waals surface area contributed by atoms with Crippen LogP contribution < -0.4 is 10.6 Å². The standard InChI is InChI=1S/C16H22N4/c1-11(17)13-6-5-9-20(10-13)16-15-8-4-3-7-14(15)12(2)18-19-16/h3-4,7-8,11,13H,5-6,9-10,17H2,1-2H3. The quantitative estimate of drug-likeness (QED) is 0.911. The van der Waals surface area contributed by atoms with Gasteiger partial charge in [0.2, 0.25) is 0 Å². The lowest BCUT2D eigenvalue weighted by atomic mass is 9.92. The second kappa shape index (κ2) is 5.37. The molecule has 0 bridgehead atoms. The van der Waals surface area contributed by atoms with Crippen molar-refractivity contribution in [3.63, 3.8) is 0 Å². The topological polar surface area (TPSA) is 55.0 Å². The summed E-state index contributed by atoms with van der Waals surface area (Å²) in [5.74, 6) is 1.56. The molecule has 106 valence electrons. The zero-order valence-corrected chi connectivity index (χ0v) is 12.2. The van der Waals surface area contributed by atoms with E-state index < -0.39 is 0 Å². The Morgan fingerprint density at radius 1 is 1.25 bits per heavy atom. The predicted molar refractivity (Wildman–Crippen MR) is 82.9 cm³/mol. The number of hydrogen-bond acceptors (Lipinski definition) is 4. The van der Waals surface area contributed by atoms with Gasteiger partial charge in [0, 0.05) is 29.9 Å². The molecular weight excluding hydrogens is 248 g/mol. The smallest absolute Gasteiger partial charge is 0.159 e. The average molecular weight is 270 g/mol. The summed E-state index contributed by atoms with van der Waals surface area (Å²) in [6.45, 7) is 6.15. The van der Waals surface area contributed by atoms with Crippen LogP contribution >= 0.6 is 0 Å². The lowest BCUT2D eigenvalue weighted by molar-refractivity contribution is 0.363. The minimum Gasteiger partial charge on any atom is -0.354 e. The van der Waals surface area contributed by atoms with E-state index in [1.807, 2.05) is 6.92 Å². The lowest BCUT2D eigenvalue weighted by Gasteiger charge is -2.35. The molecule has 1 aromatic heterocycles. The molecule has 0 saturated carbocycles. The summed E-state index contributed by atoms with van der Waals surface area (Å²) in [5.41, 5.74) is 7.07. The van der Waals surface area contributed by atoms with E-state index in [4.69, 9.17) is 5.73 Å². The number of rotatable bonds is 2. The van der Waals surface area contributed by atoms with Crippen molar-refractivity contribution in [2.24, 2.45) is 11.7 Å². The lowest BCUT2D eigenvalue weighted by Crippen LogP contribution is -2.42. The summed E-state index contributed by atoms with van der Waals surface area (Å²) in [7, 11) is 0. The van der Waals surface area contributed by atoms with Gasteiger partial charge < -0.3 is 10.6 Å². The van der Waals surface area contributed by atoms with Gasteiger partial charge in [0.25, 0.3) is 0 Å². The minimum atomic E-state index is 0.238. The summed E-state index contributed by atoms with van der Waals surface area (Å²) >= 11 is 0. The van der Waals surface area contributed by atoms with Gasteiger partial charge >= 0.3 is 0 Å². The molecule has 20 heavy (non-hydrogen) atoms. The number of nitrogens with zero attached hydrogens (tertiary/aromatic N) is 3. The van der Waals surface area contributed by atoms with Gasteiger partial charge in [-0.2, -0.15) is 5.10 Å². The highest BCUT2D eigenvalue weighted by atomic mass is 15.3. The molecule has 1 aliphatic heterocycles. The van der Waals surface area contributed by atoms with Crippen LogP contribution in [0, 0.1) is 12.8 Å². The molecule has 1 aliphatic rings. The number of aryl methyl sites for hydroxylation is 1. The summed E-state index contributed by atoms with van der Waals surface area (Å²) in [5, 5.41) is 11.2. The molecule has 2 heterocycles. The Labute approximate surface area is 120 Å². The van der Waals surface area contributed by atoms with Crippen molar-refractivity contribution >= 4 is 16.6 Å². The van der Waals surface area contributed by atoms with Crippen LogP contribution in [0.3, 0.4) is 0 Å². The van der Waals surface area contributed by atoms with E-state index in [1.165, 1.54) is 23.6 Å². The number of anilines is 1. The maximum absolute atomic E-state index is 6.08. The van der Waals surface area contributed by atoms with Gasteiger partial charge in [-0.15, -0.1) is 5.10 Å². The van der Waals surface area contributed by atoms with Crippen LogP contribution in [0.2, 0.25) is 0 Å². The molecule has 4 nitrogen and oxygen atoms in total. The first kappa shape index (κ1) is 13.3. The van der Waals surface area contributed by atoms with Crippen molar-refractivity contribution < 1.29 is 0 Å². The Morgan fingerprint density at radius 3 is 2.75 bits per heavy atom. The van der Waals surface area contributed by atoms with Gasteiger partial charge in [-0.1, -0.05) is 24.3 Å². The first-order valence-electron chi connectivity index (χ1n) is 7.39. The molecule has 1 saturated heterocycles. The summed E-state index contributed by atoms with van der Waals surface area (Å²) in [6, 6.07) is 8.63. The van der Waals surface area contributed by atoms with Crippen molar-refractivity contribution in [3.8, 4) is 0 Å². The zero-order valence-electron chi connectivity index (χ0n) is 12.2. The van der Waals surface area contributed by atoms with Gasteiger partial charge in [0.15, 0.2) is 5.82 Å². The highest BCUT2D eigenvalue weighted by molar-refractivity contribution is 5.93. The van der Waals surface area contributed by atoms with Crippen LogP contribution in [0.15, 0.2) is 24.3 Å². The van der Waals surface area contributed by atoms with E-state index in [2.05, 4.69) is 46.3 Å². The second-order valence-electron chi connectivity index (χ2n) is 5.86. The normalized spacial score (nSPS) is 21.1. The number of aromatic nitrogens is 2. The van der Waals surface area contributed by atoms with Crippen LogP contribution in [0.25, 0.3) is 10.8 Å². The molecule has 2 N–H and O–H groups in total. The predicted octanol–water partition coefficient (Wildman–Crippen LogP) is 2.50. The molecule has 0 spiro atoms. The summed E-state index contributed by atoms with van der Waals surface area (Å²) in [6.07, 6.45) is 2.39. The highest BCUT2D eigenvalue weighted by Gasteiger charge is 2.25. The van der Waals surface area contributed by atoms with Gasteiger partial charge in [-0.3, -0.25) is 0 Å². The number of fused-ring (bicyclic) bond motifs is 1.